The lowest BCUT2D eigenvalue weighted by Crippen LogP contribution is -2.53. The molecule has 1 aromatic carbocycles. The molecule has 1 nitrogen and oxygen atoms in total. The van der Waals surface area contributed by atoms with Crippen molar-refractivity contribution in [2.24, 2.45) is 11.8 Å². The zero-order chi connectivity index (χ0) is 13.0. The predicted octanol–water partition coefficient (Wildman–Crippen LogP) is 3.10. The van der Waals surface area contributed by atoms with Crippen LogP contribution >= 0.6 is 0 Å². The molecule has 1 N–H and O–H groups in total. The van der Waals surface area contributed by atoms with E-state index in [1.165, 1.54) is 0 Å². The molecular weight excluding hydrogens is 241 g/mol. The van der Waals surface area contributed by atoms with E-state index in [1.54, 1.807) is 0 Å². The summed E-state index contributed by atoms with van der Waals surface area (Å²) < 4.78 is 39.7. The summed E-state index contributed by atoms with van der Waals surface area (Å²) in [5, 5.41) is 10.2. The van der Waals surface area contributed by atoms with Crippen molar-refractivity contribution in [3.05, 3.63) is 35.4 Å². The van der Waals surface area contributed by atoms with Gasteiger partial charge >= 0.3 is 6.18 Å². The number of rotatable bonds is 0. The van der Waals surface area contributed by atoms with Crippen LogP contribution in [0.1, 0.15) is 24.0 Å². The van der Waals surface area contributed by atoms with Crippen LogP contribution in [0.3, 0.4) is 0 Å². The molecule has 18 heavy (non-hydrogen) atoms. The Balaban J connectivity index is 2.06. The standard InChI is InChI=1S/C14H15F3O/c15-14(16,17)13(18)11-5-6-12(13)8-10-4-2-1-3-9(10)7-11/h1-4,11-12,18H,5-8H2. The van der Waals surface area contributed by atoms with Gasteiger partial charge in [-0.2, -0.15) is 13.2 Å². The van der Waals surface area contributed by atoms with E-state index in [0.29, 0.717) is 25.7 Å². The van der Waals surface area contributed by atoms with Gasteiger partial charge < -0.3 is 5.11 Å². The van der Waals surface area contributed by atoms with E-state index < -0.39 is 23.6 Å². The molecule has 2 bridgehead atoms. The highest BCUT2D eigenvalue weighted by Gasteiger charge is 2.65. The number of halogens is 3. The van der Waals surface area contributed by atoms with Gasteiger partial charge in [0, 0.05) is 11.8 Å². The van der Waals surface area contributed by atoms with Crippen LogP contribution in [-0.4, -0.2) is 16.9 Å². The van der Waals surface area contributed by atoms with Crippen molar-refractivity contribution in [3.63, 3.8) is 0 Å². The maximum absolute atomic E-state index is 13.2. The molecule has 2 aliphatic carbocycles. The van der Waals surface area contributed by atoms with Crippen LogP contribution in [0.25, 0.3) is 0 Å². The molecule has 0 saturated heterocycles. The SMILES string of the molecule is OC1(C(F)(F)F)C2CCC1Cc1ccccc1C2. The lowest BCUT2D eigenvalue weighted by atomic mass is 9.82. The van der Waals surface area contributed by atoms with Crippen LogP contribution in [0.2, 0.25) is 0 Å². The van der Waals surface area contributed by atoms with Crippen molar-refractivity contribution in [2.75, 3.05) is 0 Å². The first-order chi connectivity index (χ1) is 8.43. The maximum Gasteiger partial charge on any atom is 0.417 e. The van der Waals surface area contributed by atoms with Crippen molar-refractivity contribution < 1.29 is 18.3 Å². The Morgan fingerprint density at radius 2 is 1.44 bits per heavy atom. The Morgan fingerprint density at radius 3 is 1.83 bits per heavy atom. The first kappa shape index (κ1) is 12.0. The van der Waals surface area contributed by atoms with Crippen molar-refractivity contribution in [3.8, 4) is 0 Å². The molecule has 0 amide bonds. The zero-order valence-electron chi connectivity index (χ0n) is 9.87. The zero-order valence-corrected chi connectivity index (χ0v) is 9.87. The van der Waals surface area contributed by atoms with E-state index in [1.807, 2.05) is 24.3 Å². The Morgan fingerprint density at radius 1 is 1.00 bits per heavy atom. The van der Waals surface area contributed by atoms with Gasteiger partial charge in [0.05, 0.1) is 0 Å². The van der Waals surface area contributed by atoms with E-state index in [2.05, 4.69) is 0 Å². The van der Waals surface area contributed by atoms with E-state index in [-0.39, 0.29) is 0 Å². The van der Waals surface area contributed by atoms with Gasteiger partial charge in [0.1, 0.15) is 0 Å². The lowest BCUT2D eigenvalue weighted by Gasteiger charge is -2.35. The fourth-order valence-corrected chi connectivity index (χ4v) is 3.64. The molecule has 1 fully saturated rings. The minimum Gasteiger partial charge on any atom is -0.380 e. The number of fused-ring (bicyclic) bond motifs is 3. The first-order valence-electron chi connectivity index (χ1n) is 6.29. The second-order valence-corrected chi connectivity index (χ2v) is 5.47. The van der Waals surface area contributed by atoms with Crippen LogP contribution in [0.4, 0.5) is 13.2 Å². The normalized spacial score (nSPS) is 35.1. The summed E-state index contributed by atoms with van der Waals surface area (Å²) in [6.07, 6.45) is -2.92. The smallest absolute Gasteiger partial charge is 0.380 e. The molecular formula is C14H15F3O. The third kappa shape index (κ3) is 1.51. The fourth-order valence-electron chi connectivity index (χ4n) is 3.64. The second kappa shape index (κ2) is 3.73. The highest BCUT2D eigenvalue weighted by atomic mass is 19.4. The van der Waals surface area contributed by atoms with Gasteiger partial charge in [-0.05, 0) is 36.8 Å². The third-order valence-corrected chi connectivity index (χ3v) is 4.61. The molecule has 0 heterocycles. The molecule has 1 aromatic rings. The fraction of sp³-hybridized carbons (Fsp3) is 0.571. The molecule has 0 radical (unpaired) electrons. The van der Waals surface area contributed by atoms with Gasteiger partial charge in [-0.3, -0.25) is 0 Å². The molecule has 2 atom stereocenters. The van der Waals surface area contributed by atoms with Crippen molar-refractivity contribution in [1.82, 2.24) is 0 Å². The molecule has 4 heteroatoms. The average molecular weight is 256 g/mol. The molecule has 2 aliphatic rings. The van der Waals surface area contributed by atoms with Crippen LogP contribution < -0.4 is 0 Å². The Labute approximate surface area is 104 Å². The predicted molar refractivity (Wildman–Crippen MR) is 61.1 cm³/mol. The quantitative estimate of drug-likeness (QED) is 0.756. The Kier molecular flexibility index (Phi) is 2.49. The van der Waals surface area contributed by atoms with Gasteiger partial charge in [0.15, 0.2) is 5.60 Å². The summed E-state index contributed by atoms with van der Waals surface area (Å²) in [5.41, 5.74) is -0.564. The molecule has 1 saturated carbocycles. The Bertz CT molecular complexity index is 433. The summed E-state index contributed by atoms with van der Waals surface area (Å²) >= 11 is 0. The number of hydrogen-bond donors (Lipinski definition) is 1. The number of aliphatic hydroxyl groups is 1. The van der Waals surface area contributed by atoms with Gasteiger partial charge in [-0.25, -0.2) is 0 Å². The van der Waals surface area contributed by atoms with Gasteiger partial charge in [0.2, 0.25) is 0 Å². The largest absolute Gasteiger partial charge is 0.417 e. The Hall–Kier alpha value is -1.03. The van der Waals surface area contributed by atoms with Crippen LogP contribution in [0, 0.1) is 11.8 Å². The molecule has 3 rings (SSSR count). The molecule has 2 unspecified atom stereocenters. The van der Waals surface area contributed by atoms with E-state index in [4.69, 9.17) is 0 Å². The van der Waals surface area contributed by atoms with Gasteiger partial charge in [-0.15, -0.1) is 0 Å². The summed E-state index contributed by atoms with van der Waals surface area (Å²) in [6.45, 7) is 0. The summed E-state index contributed by atoms with van der Waals surface area (Å²) in [7, 11) is 0. The second-order valence-electron chi connectivity index (χ2n) is 5.47. The van der Waals surface area contributed by atoms with Crippen LogP contribution in [0.5, 0.6) is 0 Å². The number of hydrogen-bond acceptors (Lipinski definition) is 1. The molecule has 98 valence electrons. The minimum atomic E-state index is -4.53. The maximum atomic E-state index is 13.2. The first-order valence-corrected chi connectivity index (χ1v) is 6.29. The minimum absolute atomic E-state index is 0.336. The molecule has 0 spiro atoms. The summed E-state index contributed by atoms with van der Waals surface area (Å²) in [4.78, 5) is 0. The van der Waals surface area contributed by atoms with Crippen LogP contribution in [0.15, 0.2) is 24.3 Å². The number of benzene rings is 1. The van der Waals surface area contributed by atoms with Crippen molar-refractivity contribution >= 4 is 0 Å². The summed E-state index contributed by atoms with van der Waals surface area (Å²) in [6, 6.07) is 7.47. The average Bonchev–Trinajstić information content (AvgIpc) is 2.52. The highest BCUT2D eigenvalue weighted by molar-refractivity contribution is 5.32. The molecule has 0 aliphatic heterocycles. The lowest BCUT2D eigenvalue weighted by molar-refractivity contribution is -0.286. The topological polar surface area (TPSA) is 20.2 Å². The highest BCUT2D eigenvalue weighted by Crippen LogP contribution is 2.54. The van der Waals surface area contributed by atoms with E-state index in [9.17, 15) is 18.3 Å². The van der Waals surface area contributed by atoms with E-state index in [0.717, 1.165) is 11.1 Å². The third-order valence-electron chi connectivity index (χ3n) is 4.61. The van der Waals surface area contributed by atoms with Crippen molar-refractivity contribution in [2.45, 2.75) is 37.5 Å². The van der Waals surface area contributed by atoms with Gasteiger partial charge in [0.25, 0.3) is 0 Å². The van der Waals surface area contributed by atoms with Gasteiger partial charge in [-0.1, -0.05) is 24.3 Å². The van der Waals surface area contributed by atoms with E-state index >= 15 is 0 Å². The summed E-state index contributed by atoms with van der Waals surface area (Å²) in [5.74, 6) is -1.38. The number of alkyl halides is 3. The monoisotopic (exact) mass is 256 g/mol. The molecule has 0 aromatic heterocycles. The van der Waals surface area contributed by atoms with Crippen molar-refractivity contribution in [1.29, 1.82) is 0 Å². The van der Waals surface area contributed by atoms with Crippen LogP contribution in [-0.2, 0) is 12.8 Å².